The fourth-order valence-corrected chi connectivity index (χ4v) is 2.86. The summed E-state index contributed by atoms with van der Waals surface area (Å²) in [6.45, 7) is 0.181. The van der Waals surface area contributed by atoms with Gasteiger partial charge in [0.25, 0.3) is 0 Å². The van der Waals surface area contributed by atoms with Gasteiger partial charge in [-0.2, -0.15) is 0 Å². The largest absolute Gasteiger partial charge is 0.497 e. The smallest absolute Gasteiger partial charge is 0.313 e. The lowest BCUT2D eigenvalue weighted by atomic mass is 10.2. The molecule has 25 heavy (non-hydrogen) atoms. The summed E-state index contributed by atoms with van der Waals surface area (Å²) in [5.74, 6) is -0.675. The Balaban J connectivity index is 1.87. The second kappa shape index (κ2) is 9.05. The topological polar surface area (TPSA) is 96.9 Å². The average Bonchev–Trinajstić information content (AvgIpc) is 3.16. The zero-order chi connectivity index (χ0) is 18.2. The van der Waals surface area contributed by atoms with Gasteiger partial charge in [-0.25, -0.2) is 0 Å². The van der Waals surface area contributed by atoms with Crippen molar-refractivity contribution in [1.29, 1.82) is 0 Å². The zero-order valence-corrected chi connectivity index (χ0v) is 14.8. The van der Waals surface area contributed by atoms with Crippen molar-refractivity contribution in [2.24, 2.45) is 0 Å². The number of benzene rings is 1. The van der Waals surface area contributed by atoms with Crippen LogP contribution < -0.4 is 20.1 Å². The molecule has 1 aromatic carbocycles. The van der Waals surface area contributed by atoms with Crippen molar-refractivity contribution in [1.82, 2.24) is 5.32 Å². The summed E-state index contributed by atoms with van der Waals surface area (Å²) in [4.78, 5) is 24.7. The highest BCUT2D eigenvalue weighted by atomic mass is 32.1. The number of thiophene rings is 1. The summed E-state index contributed by atoms with van der Waals surface area (Å²) in [5, 5.41) is 16.8. The van der Waals surface area contributed by atoms with E-state index in [1.165, 1.54) is 25.6 Å². The quantitative estimate of drug-likeness (QED) is 0.653. The van der Waals surface area contributed by atoms with Gasteiger partial charge < -0.3 is 25.2 Å². The van der Waals surface area contributed by atoms with Crippen molar-refractivity contribution in [2.75, 3.05) is 26.1 Å². The standard InChI is InChI=1S/C17H20N2O5S/c1-23-11-5-6-14(24-2)12(10-11)19-17(22)16(21)18-8-7-13(20)15-4-3-9-25-15/h3-6,9-10,13,20H,7-8H2,1-2H3,(H,18,21)(H,19,22). The van der Waals surface area contributed by atoms with Gasteiger partial charge in [-0.3, -0.25) is 9.59 Å². The van der Waals surface area contributed by atoms with Crippen LogP contribution in [-0.4, -0.2) is 37.7 Å². The molecule has 7 nitrogen and oxygen atoms in total. The molecule has 2 amide bonds. The second-order valence-corrected chi connectivity index (χ2v) is 6.08. The van der Waals surface area contributed by atoms with Crippen molar-refractivity contribution in [3.63, 3.8) is 0 Å². The van der Waals surface area contributed by atoms with E-state index in [0.29, 0.717) is 23.6 Å². The molecule has 1 aromatic heterocycles. The number of ether oxygens (including phenoxy) is 2. The van der Waals surface area contributed by atoms with Crippen molar-refractivity contribution in [3.8, 4) is 11.5 Å². The highest BCUT2D eigenvalue weighted by Gasteiger charge is 2.17. The van der Waals surface area contributed by atoms with Crippen LogP contribution in [0.4, 0.5) is 5.69 Å². The molecule has 0 fully saturated rings. The van der Waals surface area contributed by atoms with E-state index >= 15 is 0 Å². The zero-order valence-electron chi connectivity index (χ0n) is 13.9. The third kappa shape index (κ3) is 5.20. The Kier molecular flexibility index (Phi) is 6.79. The summed E-state index contributed by atoms with van der Waals surface area (Å²) < 4.78 is 10.2. The molecule has 3 N–H and O–H groups in total. The Morgan fingerprint density at radius 1 is 1.20 bits per heavy atom. The molecule has 1 unspecified atom stereocenters. The van der Waals surface area contributed by atoms with Crippen molar-refractivity contribution in [2.45, 2.75) is 12.5 Å². The van der Waals surface area contributed by atoms with E-state index in [0.717, 1.165) is 4.88 Å². The first kappa shape index (κ1) is 18.8. The Morgan fingerprint density at radius 3 is 2.64 bits per heavy atom. The van der Waals surface area contributed by atoms with E-state index in [9.17, 15) is 14.7 Å². The monoisotopic (exact) mass is 364 g/mol. The number of anilines is 1. The molecule has 1 atom stereocenters. The normalized spacial score (nSPS) is 11.5. The highest BCUT2D eigenvalue weighted by Crippen LogP contribution is 2.28. The lowest BCUT2D eigenvalue weighted by Crippen LogP contribution is -2.36. The van der Waals surface area contributed by atoms with Gasteiger partial charge in [-0.1, -0.05) is 6.07 Å². The summed E-state index contributed by atoms with van der Waals surface area (Å²) >= 11 is 1.44. The van der Waals surface area contributed by atoms with Gasteiger partial charge in [0, 0.05) is 17.5 Å². The maximum Gasteiger partial charge on any atom is 0.313 e. The Morgan fingerprint density at radius 2 is 2.00 bits per heavy atom. The van der Waals surface area contributed by atoms with E-state index in [4.69, 9.17) is 9.47 Å². The molecule has 0 spiro atoms. The highest BCUT2D eigenvalue weighted by molar-refractivity contribution is 7.10. The third-order valence-corrected chi connectivity index (χ3v) is 4.41. The van der Waals surface area contributed by atoms with Gasteiger partial charge in [-0.05, 0) is 30.0 Å². The van der Waals surface area contributed by atoms with Gasteiger partial charge in [0.15, 0.2) is 0 Å². The Labute approximate surface area is 149 Å². The predicted octanol–water partition coefficient (Wildman–Crippen LogP) is 1.94. The van der Waals surface area contributed by atoms with E-state index in [-0.39, 0.29) is 6.54 Å². The van der Waals surface area contributed by atoms with Gasteiger partial charge in [0.05, 0.1) is 26.0 Å². The van der Waals surface area contributed by atoms with Crippen LogP contribution in [0, 0.1) is 0 Å². The number of methoxy groups -OCH3 is 2. The molecular weight excluding hydrogens is 344 g/mol. The summed E-state index contributed by atoms with van der Waals surface area (Å²) in [5.41, 5.74) is 0.334. The number of aliphatic hydroxyl groups is 1. The van der Waals surface area contributed by atoms with Gasteiger partial charge in [-0.15, -0.1) is 11.3 Å². The van der Waals surface area contributed by atoms with Crippen LogP contribution in [0.15, 0.2) is 35.7 Å². The molecule has 2 rings (SSSR count). The van der Waals surface area contributed by atoms with E-state index in [2.05, 4.69) is 10.6 Å². The number of amides is 2. The molecule has 134 valence electrons. The first-order chi connectivity index (χ1) is 12.0. The first-order valence-corrected chi connectivity index (χ1v) is 8.45. The van der Waals surface area contributed by atoms with Crippen molar-refractivity contribution < 1.29 is 24.2 Å². The number of carbonyl (C=O) groups excluding carboxylic acids is 2. The van der Waals surface area contributed by atoms with E-state index in [1.54, 1.807) is 18.2 Å². The fraction of sp³-hybridized carbons (Fsp3) is 0.294. The van der Waals surface area contributed by atoms with Crippen molar-refractivity contribution >= 4 is 28.8 Å². The summed E-state index contributed by atoms with van der Waals surface area (Å²) in [6, 6.07) is 8.53. The predicted molar refractivity (Wildman–Crippen MR) is 95.1 cm³/mol. The Bertz CT molecular complexity index is 718. The number of aliphatic hydroxyl groups excluding tert-OH is 1. The van der Waals surface area contributed by atoms with Crippen LogP contribution in [0.3, 0.4) is 0 Å². The van der Waals surface area contributed by atoms with Crippen LogP contribution >= 0.6 is 11.3 Å². The number of rotatable bonds is 7. The van der Waals surface area contributed by atoms with Gasteiger partial charge >= 0.3 is 11.8 Å². The number of hydrogen-bond acceptors (Lipinski definition) is 6. The minimum absolute atomic E-state index is 0.181. The molecule has 8 heteroatoms. The molecule has 0 saturated heterocycles. The van der Waals surface area contributed by atoms with Gasteiger partial charge in [0.1, 0.15) is 11.5 Å². The molecule has 0 aliphatic carbocycles. The number of hydrogen-bond donors (Lipinski definition) is 3. The molecule has 2 aromatic rings. The minimum Gasteiger partial charge on any atom is -0.497 e. The maximum atomic E-state index is 12.0. The first-order valence-electron chi connectivity index (χ1n) is 7.57. The molecule has 0 aliphatic rings. The van der Waals surface area contributed by atoms with Crippen LogP contribution in [0.1, 0.15) is 17.4 Å². The van der Waals surface area contributed by atoms with Gasteiger partial charge in [0.2, 0.25) is 0 Å². The van der Waals surface area contributed by atoms with Crippen molar-refractivity contribution in [3.05, 3.63) is 40.6 Å². The fourth-order valence-electron chi connectivity index (χ4n) is 2.12. The van der Waals surface area contributed by atoms with Crippen LogP contribution in [0.5, 0.6) is 11.5 Å². The third-order valence-electron chi connectivity index (χ3n) is 3.44. The average molecular weight is 364 g/mol. The van der Waals surface area contributed by atoms with Crippen LogP contribution in [-0.2, 0) is 9.59 Å². The van der Waals surface area contributed by atoms with E-state index in [1.807, 2.05) is 17.5 Å². The van der Waals surface area contributed by atoms with Crippen LogP contribution in [0.25, 0.3) is 0 Å². The summed E-state index contributed by atoms with van der Waals surface area (Å²) in [6.07, 6.45) is -0.344. The van der Waals surface area contributed by atoms with Crippen LogP contribution in [0.2, 0.25) is 0 Å². The molecular formula is C17H20N2O5S. The molecule has 0 aliphatic heterocycles. The number of carbonyl (C=O) groups is 2. The summed E-state index contributed by atoms with van der Waals surface area (Å²) in [7, 11) is 2.96. The van der Waals surface area contributed by atoms with E-state index < -0.39 is 17.9 Å². The molecule has 0 saturated carbocycles. The molecule has 0 bridgehead atoms. The maximum absolute atomic E-state index is 12.0. The SMILES string of the molecule is COc1ccc(OC)c(NC(=O)C(=O)NCCC(O)c2cccs2)c1. The lowest BCUT2D eigenvalue weighted by Gasteiger charge is -2.12. The molecule has 1 heterocycles. The Hall–Kier alpha value is -2.58. The minimum atomic E-state index is -0.822. The lowest BCUT2D eigenvalue weighted by molar-refractivity contribution is -0.136. The molecule has 0 radical (unpaired) electrons. The second-order valence-electron chi connectivity index (χ2n) is 5.10. The number of nitrogens with one attached hydrogen (secondary N) is 2.